The maximum absolute atomic E-state index is 12.6. The summed E-state index contributed by atoms with van der Waals surface area (Å²) in [5, 5.41) is 0. The molecule has 17 heavy (non-hydrogen) atoms. The van der Waals surface area contributed by atoms with Crippen LogP contribution < -0.4 is 0 Å². The minimum atomic E-state index is 0.374. The molecule has 96 valence electrons. The van der Waals surface area contributed by atoms with Gasteiger partial charge in [0.25, 0.3) is 0 Å². The summed E-state index contributed by atoms with van der Waals surface area (Å²) < 4.78 is 0. The Labute approximate surface area is 105 Å². The van der Waals surface area contributed by atoms with E-state index in [2.05, 4.69) is 18.7 Å². The number of fused-ring (bicyclic) bond motifs is 2. The first kappa shape index (κ1) is 11.6. The molecule has 2 saturated heterocycles. The van der Waals surface area contributed by atoms with Crippen molar-refractivity contribution in [3.05, 3.63) is 0 Å². The SMILES string of the molecule is CC1(C)CC2CCC(C1)N2C(=O)C1CCCC1. The van der Waals surface area contributed by atoms with Crippen molar-refractivity contribution in [1.29, 1.82) is 0 Å². The van der Waals surface area contributed by atoms with Crippen LogP contribution in [0.4, 0.5) is 0 Å². The third-order valence-electron chi connectivity index (χ3n) is 5.16. The van der Waals surface area contributed by atoms with E-state index in [0.717, 1.165) is 12.8 Å². The molecule has 0 aromatic rings. The van der Waals surface area contributed by atoms with E-state index in [1.807, 2.05) is 0 Å². The van der Waals surface area contributed by atoms with Crippen LogP contribution in [0.25, 0.3) is 0 Å². The van der Waals surface area contributed by atoms with Crippen LogP contribution in [0.1, 0.15) is 65.2 Å². The van der Waals surface area contributed by atoms with Gasteiger partial charge in [0.2, 0.25) is 5.91 Å². The highest BCUT2D eigenvalue weighted by Gasteiger charge is 2.47. The van der Waals surface area contributed by atoms with Crippen LogP contribution in [0.3, 0.4) is 0 Å². The third-order valence-corrected chi connectivity index (χ3v) is 5.16. The Bertz CT molecular complexity index is 301. The summed E-state index contributed by atoms with van der Waals surface area (Å²) >= 11 is 0. The van der Waals surface area contributed by atoms with Crippen LogP contribution in [0.5, 0.6) is 0 Å². The predicted octanol–water partition coefficient (Wildman–Crippen LogP) is 3.36. The molecule has 1 amide bonds. The summed E-state index contributed by atoms with van der Waals surface area (Å²) in [4.78, 5) is 14.9. The highest BCUT2D eigenvalue weighted by Crippen LogP contribution is 2.46. The Kier molecular flexibility index (Phi) is 2.72. The van der Waals surface area contributed by atoms with E-state index in [4.69, 9.17) is 0 Å². The van der Waals surface area contributed by atoms with Crippen LogP contribution in [-0.4, -0.2) is 22.9 Å². The lowest BCUT2D eigenvalue weighted by Gasteiger charge is -2.44. The zero-order valence-electron chi connectivity index (χ0n) is 11.2. The van der Waals surface area contributed by atoms with Gasteiger partial charge in [0.05, 0.1) is 0 Å². The lowest BCUT2D eigenvalue weighted by molar-refractivity contribution is -0.141. The Morgan fingerprint density at radius 1 is 1.00 bits per heavy atom. The standard InChI is InChI=1S/C15H25NO/c1-15(2)9-12-7-8-13(10-15)16(12)14(17)11-5-3-4-6-11/h11-13H,3-10H2,1-2H3. The molecule has 2 atom stereocenters. The van der Waals surface area contributed by atoms with Gasteiger partial charge in [-0.3, -0.25) is 4.79 Å². The van der Waals surface area contributed by atoms with E-state index in [1.54, 1.807) is 0 Å². The van der Waals surface area contributed by atoms with Gasteiger partial charge in [-0.05, 0) is 43.9 Å². The number of carbonyl (C=O) groups excluding carboxylic acids is 1. The summed E-state index contributed by atoms with van der Waals surface area (Å²) in [7, 11) is 0. The highest BCUT2D eigenvalue weighted by atomic mass is 16.2. The van der Waals surface area contributed by atoms with Gasteiger partial charge in [0.15, 0.2) is 0 Å². The average molecular weight is 235 g/mol. The second-order valence-corrected chi connectivity index (χ2v) is 7.18. The van der Waals surface area contributed by atoms with Crippen molar-refractivity contribution in [2.45, 2.75) is 77.3 Å². The summed E-state index contributed by atoms with van der Waals surface area (Å²) in [6.45, 7) is 4.74. The molecule has 2 bridgehead atoms. The molecule has 0 aromatic carbocycles. The van der Waals surface area contributed by atoms with E-state index >= 15 is 0 Å². The molecular weight excluding hydrogens is 210 g/mol. The Morgan fingerprint density at radius 3 is 2.06 bits per heavy atom. The zero-order chi connectivity index (χ0) is 12.0. The molecule has 2 aliphatic heterocycles. The largest absolute Gasteiger partial charge is 0.336 e. The molecule has 0 spiro atoms. The van der Waals surface area contributed by atoms with Gasteiger partial charge in [-0.2, -0.15) is 0 Å². The summed E-state index contributed by atoms with van der Waals surface area (Å²) in [5.74, 6) is 0.879. The van der Waals surface area contributed by atoms with Gasteiger partial charge in [-0.15, -0.1) is 0 Å². The van der Waals surface area contributed by atoms with Crippen molar-refractivity contribution >= 4 is 5.91 Å². The molecular formula is C15H25NO. The van der Waals surface area contributed by atoms with E-state index in [1.165, 1.54) is 38.5 Å². The molecule has 2 nitrogen and oxygen atoms in total. The van der Waals surface area contributed by atoms with Crippen molar-refractivity contribution in [2.24, 2.45) is 11.3 Å². The van der Waals surface area contributed by atoms with E-state index in [9.17, 15) is 4.79 Å². The number of rotatable bonds is 1. The second-order valence-electron chi connectivity index (χ2n) is 7.18. The molecule has 0 N–H and O–H groups in total. The van der Waals surface area contributed by atoms with Crippen molar-refractivity contribution in [2.75, 3.05) is 0 Å². The van der Waals surface area contributed by atoms with Gasteiger partial charge < -0.3 is 4.90 Å². The van der Waals surface area contributed by atoms with Crippen LogP contribution in [0.15, 0.2) is 0 Å². The summed E-state index contributed by atoms with van der Waals surface area (Å²) in [6, 6.07) is 1.13. The first-order chi connectivity index (χ1) is 8.07. The van der Waals surface area contributed by atoms with Gasteiger partial charge in [0, 0.05) is 18.0 Å². The first-order valence-electron chi connectivity index (χ1n) is 7.39. The summed E-state index contributed by atoms with van der Waals surface area (Å²) in [6.07, 6.45) is 9.80. The van der Waals surface area contributed by atoms with Crippen LogP contribution in [-0.2, 0) is 4.79 Å². The van der Waals surface area contributed by atoms with Crippen molar-refractivity contribution in [3.8, 4) is 0 Å². The molecule has 0 aromatic heterocycles. The fourth-order valence-corrected chi connectivity index (χ4v) is 4.46. The fraction of sp³-hybridized carbons (Fsp3) is 0.933. The van der Waals surface area contributed by atoms with E-state index < -0.39 is 0 Å². The van der Waals surface area contributed by atoms with Gasteiger partial charge in [0.1, 0.15) is 0 Å². The normalized spacial score (nSPS) is 36.5. The molecule has 1 saturated carbocycles. The average Bonchev–Trinajstić information content (AvgIpc) is 2.84. The molecule has 3 rings (SSSR count). The van der Waals surface area contributed by atoms with Crippen molar-refractivity contribution in [3.63, 3.8) is 0 Å². The van der Waals surface area contributed by atoms with E-state index in [-0.39, 0.29) is 0 Å². The highest BCUT2D eigenvalue weighted by molar-refractivity contribution is 5.80. The number of carbonyl (C=O) groups is 1. The topological polar surface area (TPSA) is 20.3 Å². The molecule has 3 fully saturated rings. The van der Waals surface area contributed by atoms with Gasteiger partial charge in [-0.1, -0.05) is 26.7 Å². The minimum Gasteiger partial charge on any atom is -0.336 e. The Balaban J connectivity index is 1.74. The Hall–Kier alpha value is -0.530. The maximum Gasteiger partial charge on any atom is 0.226 e. The molecule has 1 aliphatic carbocycles. The third kappa shape index (κ3) is 2.00. The maximum atomic E-state index is 12.6. The molecule has 0 radical (unpaired) electrons. The fourth-order valence-electron chi connectivity index (χ4n) is 4.46. The second kappa shape index (κ2) is 4.00. The summed E-state index contributed by atoms with van der Waals surface area (Å²) in [5.41, 5.74) is 0.457. The van der Waals surface area contributed by atoms with Crippen LogP contribution in [0.2, 0.25) is 0 Å². The smallest absolute Gasteiger partial charge is 0.226 e. The number of piperidine rings is 1. The minimum absolute atomic E-state index is 0.374. The number of hydrogen-bond acceptors (Lipinski definition) is 1. The van der Waals surface area contributed by atoms with Crippen molar-refractivity contribution < 1.29 is 4.79 Å². The lowest BCUT2D eigenvalue weighted by Crippen LogP contribution is -2.50. The number of nitrogens with zero attached hydrogens (tertiary/aromatic N) is 1. The van der Waals surface area contributed by atoms with Crippen LogP contribution >= 0.6 is 0 Å². The zero-order valence-corrected chi connectivity index (χ0v) is 11.2. The lowest BCUT2D eigenvalue weighted by atomic mass is 9.78. The quantitative estimate of drug-likeness (QED) is 0.682. The molecule has 2 unspecified atom stereocenters. The van der Waals surface area contributed by atoms with Crippen molar-refractivity contribution in [1.82, 2.24) is 4.90 Å². The van der Waals surface area contributed by atoms with E-state index in [0.29, 0.717) is 29.3 Å². The molecule has 3 aliphatic rings. The van der Waals surface area contributed by atoms with Gasteiger partial charge in [-0.25, -0.2) is 0 Å². The monoisotopic (exact) mass is 235 g/mol. The predicted molar refractivity (Wildman–Crippen MR) is 68.6 cm³/mol. The van der Waals surface area contributed by atoms with Crippen LogP contribution in [0, 0.1) is 11.3 Å². The van der Waals surface area contributed by atoms with Gasteiger partial charge >= 0.3 is 0 Å². The molecule has 2 heteroatoms. The molecule has 2 heterocycles. The number of hydrogen-bond donors (Lipinski definition) is 0. The first-order valence-corrected chi connectivity index (χ1v) is 7.39. The number of amides is 1. The Morgan fingerprint density at radius 2 is 1.53 bits per heavy atom.